The number of likely N-dealkylation sites (tertiary alicyclic amines) is 1. The van der Waals surface area contributed by atoms with Crippen molar-refractivity contribution >= 4 is 34.6 Å². The summed E-state index contributed by atoms with van der Waals surface area (Å²) in [7, 11) is 2.89. The molecule has 0 bridgehead atoms. The highest BCUT2D eigenvalue weighted by molar-refractivity contribution is 5.96. The molecule has 3 fully saturated rings. The van der Waals surface area contributed by atoms with Crippen LogP contribution in [0.3, 0.4) is 0 Å². The Balaban J connectivity index is 1.42. The topological polar surface area (TPSA) is 145 Å². The Kier molecular flexibility index (Phi) is 8.63. The number of carbonyl (C=O) groups excluding carboxylic acids is 4. The van der Waals surface area contributed by atoms with E-state index in [0.717, 1.165) is 23.6 Å². The average Bonchev–Trinajstić information content (AvgIpc) is 3.87. The molecule has 3 amide bonds. The van der Waals surface area contributed by atoms with Gasteiger partial charge in [0.25, 0.3) is 0 Å². The minimum Gasteiger partial charge on any atom is -0.497 e. The first kappa shape index (κ1) is 32.3. The number of amides is 3. The molecule has 1 aromatic heterocycles. The molecule has 1 saturated heterocycles. The van der Waals surface area contributed by atoms with Crippen LogP contribution in [-0.2, 0) is 23.9 Å². The molecular weight excluding hydrogens is 580 g/mol. The Morgan fingerprint density at radius 2 is 1.87 bits per heavy atom. The number of hydrogen-bond acceptors (Lipinski definition) is 9. The van der Waals surface area contributed by atoms with Gasteiger partial charge in [0.2, 0.25) is 17.7 Å². The van der Waals surface area contributed by atoms with Gasteiger partial charge in [-0.05, 0) is 67.2 Å². The molecule has 1 aromatic carbocycles. The highest BCUT2D eigenvalue weighted by atomic mass is 16.6. The molecule has 5 atom stereocenters. The fourth-order valence-corrected chi connectivity index (χ4v) is 6.11. The Morgan fingerprint density at radius 3 is 2.47 bits per heavy atom. The van der Waals surface area contributed by atoms with E-state index in [9.17, 15) is 19.2 Å². The van der Waals surface area contributed by atoms with Crippen molar-refractivity contribution in [3.63, 3.8) is 0 Å². The van der Waals surface area contributed by atoms with Gasteiger partial charge in [-0.2, -0.15) is 0 Å². The van der Waals surface area contributed by atoms with Crippen LogP contribution in [0.4, 0.5) is 4.79 Å². The number of nitrogens with zero attached hydrogens (tertiary/aromatic N) is 2. The maximum Gasteiger partial charge on any atom is 0.408 e. The molecule has 244 valence electrons. The molecule has 2 heterocycles. The first-order chi connectivity index (χ1) is 21.2. The van der Waals surface area contributed by atoms with Crippen molar-refractivity contribution in [2.45, 2.75) is 96.1 Å². The van der Waals surface area contributed by atoms with Crippen molar-refractivity contribution < 1.29 is 38.1 Å². The first-order valence-corrected chi connectivity index (χ1v) is 15.5. The number of alkyl carbamates (subject to hydrolysis) is 1. The molecule has 12 heteroatoms. The molecule has 12 nitrogen and oxygen atoms in total. The number of pyridine rings is 1. The molecule has 0 unspecified atom stereocenters. The van der Waals surface area contributed by atoms with Gasteiger partial charge in [0, 0.05) is 18.0 Å². The van der Waals surface area contributed by atoms with Gasteiger partial charge in [0.05, 0.1) is 20.8 Å². The predicted octanol–water partition coefficient (Wildman–Crippen LogP) is 3.74. The highest BCUT2D eigenvalue weighted by Gasteiger charge is 2.62. The predicted molar refractivity (Wildman–Crippen MR) is 165 cm³/mol. The van der Waals surface area contributed by atoms with E-state index in [1.165, 1.54) is 12.0 Å². The SMILES string of the molecule is CC[C@@H]1C[C@]1(NC(=O)[C@@H]1C[C@@H](Oc2nccc3cc(OC)ccc23)CN1C(=O)[C@@H](NC(=O)OC1(C)CC1)C(C)(C)C)C(=O)OC. The summed E-state index contributed by atoms with van der Waals surface area (Å²) in [4.78, 5) is 59.8. The number of esters is 1. The lowest BCUT2D eigenvalue weighted by Crippen LogP contribution is -2.59. The Hall–Kier alpha value is -4.09. The fraction of sp³-hybridized carbons (Fsp3) is 0.606. The first-order valence-electron chi connectivity index (χ1n) is 15.5. The second-order valence-corrected chi connectivity index (χ2v) is 13.7. The minimum absolute atomic E-state index is 0.0640. The van der Waals surface area contributed by atoms with Gasteiger partial charge in [0.15, 0.2) is 0 Å². The summed E-state index contributed by atoms with van der Waals surface area (Å²) in [5, 5.41) is 7.31. The maximum absolute atomic E-state index is 14.3. The van der Waals surface area contributed by atoms with Crippen molar-refractivity contribution in [1.29, 1.82) is 0 Å². The van der Waals surface area contributed by atoms with E-state index in [4.69, 9.17) is 18.9 Å². The van der Waals surface area contributed by atoms with E-state index >= 15 is 0 Å². The summed E-state index contributed by atoms with van der Waals surface area (Å²) in [6.45, 7) is 9.37. The van der Waals surface area contributed by atoms with Crippen molar-refractivity contribution in [3.05, 3.63) is 30.5 Å². The Labute approximate surface area is 263 Å². The summed E-state index contributed by atoms with van der Waals surface area (Å²) in [6.07, 6.45) is 3.17. The molecule has 2 N–H and O–H groups in total. The van der Waals surface area contributed by atoms with Gasteiger partial charge in [-0.15, -0.1) is 0 Å². The molecule has 2 saturated carbocycles. The number of nitrogens with one attached hydrogen (secondary N) is 2. The van der Waals surface area contributed by atoms with Crippen LogP contribution in [0, 0.1) is 11.3 Å². The summed E-state index contributed by atoms with van der Waals surface area (Å²) in [5.41, 5.74) is -2.37. The van der Waals surface area contributed by atoms with E-state index in [0.29, 0.717) is 24.5 Å². The molecule has 0 spiro atoms. The van der Waals surface area contributed by atoms with Crippen LogP contribution in [0.5, 0.6) is 11.6 Å². The van der Waals surface area contributed by atoms with Crippen LogP contribution in [0.1, 0.15) is 66.7 Å². The maximum atomic E-state index is 14.3. The molecule has 2 aromatic rings. The van der Waals surface area contributed by atoms with Crippen molar-refractivity contribution in [3.8, 4) is 11.6 Å². The van der Waals surface area contributed by atoms with Gasteiger partial charge in [-0.25, -0.2) is 14.6 Å². The Morgan fingerprint density at radius 1 is 1.13 bits per heavy atom. The molecule has 1 aliphatic heterocycles. The minimum atomic E-state index is -1.13. The molecular formula is C33H44N4O8. The molecule has 2 aliphatic carbocycles. The molecule has 5 rings (SSSR count). The van der Waals surface area contributed by atoms with Crippen molar-refractivity contribution in [2.24, 2.45) is 11.3 Å². The molecule has 3 aliphatic rings. The monoisotopic (exact) mass is 624 g/mol. The van der Waals surface area contributed by atoms with Crippen LogP contribution >= 0.6 is 0 Å². The van der Waals surface area contributed by atoms with Gasteiger partial charge in [0.1, 0.15) is 35.1 Å². The lowest BCUT2D eigenvalue weighted by Gasteiger charge is -2.35. The second-order valence-electron chi connectivity index (χ2n) is 13.7. The zero-order chi connectivity index (χ0) is 32.7. The molecule has 45 heavy (non-hydrogen) atoms. The lowest BCUT2D eigenvalue weighted by molar-refractivity contribution is -0.148. The number of rotatable bonds is 10. The van der Waals surface area contributed by atoms with Crippen molar-refractivity contribution in [1.82, 2.24) is 20.5 Å². The summed E-state index contributed by atoms with van der Waals surface area (Å²) in [5.74, 6) is -0.448. The number of benzene rings is 1. The van der Waals surface area contributed by atoms with Gasteiger partial charge in [-0.1, -0.05) is 34.1 Å². The standard InChI is InChI=1S/C33H44N4O8/c1-8-20-17-33(20,29(40)43-7)36-26(38)24-16-22(44-27-23-10-9-21(42-6)15-19(23)11-14-34-27)18-37(24)28(39)25(31(2,3)4)35-30(41)45-32(5)12-13-32/h9-11,14-15,20,22,24-25H,8,12-13,16-18H2,1-7H3,(H,35,41)(H,36,38)/t20-,22-,24+,25-,33-/m1/s1. The van der Waals surface area contributed by atoms with Gasteiger partial charge < -0.3 is 34.5 Å². The highest BCUT2D eigenvalue weighted by Crippen LogP contribution is 2.47. The normalized spacial score (nSPS) is 25.6. The number of carbonyl (C=O) groups is 4. The van der Waals surface area contributed by atoms with Crippen molar-refractivity contribution in [2.75, 3.05) is 20.8 Å². The number of methoxy groups -OCH3 is 2. The lowest BCUT2D eigenvalue weighted by atomic mass is 9.85. The van der Waals surface area contributed by atoms with Crippen LogP contribution in [0.2, 0.25) is 0 Å². The van der Waals surface area contributed by atoms with Gasteiger partial charge >= 0.3 is 12.1 Å². The molecule has 0 radical (unpaired) electrons. The summed E-state index contributed by atoms with van der Waals surface area (Å²) >= 11 is 0. The van der Waals surface area contributed by atoms with E-state index in [1.54, 1.807) is 13.3 Å². The number of aromatic nitrogens is 1. The van der Waals surface area contributed by atoms with Crippen LogP contribution in [0.15, 0.2) is 30.5 Å². The fourth-order valence-electron chi connectivity index (χ4n) is 6.11. The number of hydrogen-bond donors (Lipinski definition) is 2. The average molecular weight is 625 g/mol. The summed E-state index contributed by atoms with van der Waals surface area (Å²) in [6, 6.07) is 5.41. The quantitative estimate of drug-likeness (QED) is 0.378. The second kappa shape index (κ2) is 12.0. The third-order valence-corrected chi connectivity index (χ3v) is 9.22. The smallest absolute Gasteiger partial charge is 0.408 e. The van der Waals surface area contributed by atoms with Crippen LogP contribution in [-0.4, -0.2) is 83.9 Å². The van der Waals surface area contributed by atoms with E-state index < -0.39 is 58.6 Å². The van der Waals surface area contributed by atoms with Crippen LogP contribution < -0.4 is 20.1 Å². The van der Waals surface area contributed by atoms with E-state index in [-0.39, 0.29) is 18.9 Å². The Bertz CT molecular complexity index is 1480. The third kappa shape index (κ3) is 6.64. The largest absolute Gasteiger partial charge is 0.497 e. The van der Waals surface area contributed by atoms with Gasteiger partial charge in [-0.3, -0.25) is 9.59 Å². The van der Waals surface area contributed by atoms with E-state index in [1.807, 2.05) is 58.9 Å². The van der Waals surface area contributed by atoms with E-state index in [2.05, 4.69) is 15.6 Å². The zero-order valence-electron chi connectivity index (χ0n) is 27.1. The zero-order valence-corrected chi connectivity index (χ0v) is 27.1. The summed E-state index contributed by atoms with van der Waals surface area (Å²) < 4.78 is 22.3. The number of fused-ring (bicyclic) bond motifs is 1. The third-order valence-electron chi connectivity index (χ3n) is 9.22. The number of ether oxygens (including phenoxy) is 4. The van der Waals surface area contributed by atoms with Crippen LogP contribution in [0.25, 0.3) is 10.8 Å².